The second kappa shape index (κ2) is 10.7. The Hall–Kier alpha value is -4.01. The Morgan fingerprint density at radius 2 is 1.81 bits per heavy atom. The molecule has 1 heterocycles. The molecule has 3 aromatic rings. The van der Waals surface area contributed by atoms with Gasteiger partial charge in [-0.1, -0.05) is 12.1 Å². The molecule has 15 heteroatoms. The van der Waals surface area contributed by atoms with Gasteiger partial charge in [0.25, 0.3) is 15.9 Å². The summed E-state index contributed by atoms with van der Waals surface area (Å²) in [6, 6.07) is 9.77. The first-order chi connectivity index (χ1) is 19.7. The van der Waals surface area contributed by atoms with Gasteiger partial charge >= 0.3 is 12.8 Å². The summed E-state index contributed by atoms with van der Waals surface area (Å²) in [6.07, 6.45) is -5.84. The molecule has 0 saturated heterocycles. The Labute approximate surface area is 234 Å². The number of rotatable bonds is 8. The first-order valence-corrected chi connectivity index (χ1v) is 13.8. The Balaban J connectivity index is 1.55. The lowest BCUT2D eigenvalue weighted by atomic mass is 10.0. The third kappa shape index (κ3) is 6.10. The van der Waals surface area contributed by atoms with Crippen LogP contribution in [0.4, 0.5) is 36.4 Å². The molecule has 42 heavy (non-hydrogen) atoms. The van der Waals surface area contributed by atoms with Gasteiger partial charge < -0.3 is 14.8 Å². The van der Waals surface area contributed by atoms with Crippen LogP contribution in [-0.4, -0.2) is 45.8 Å². The number of hydrogen-bond acceptors (Lipinski definition) is 5. The molecule has 1 fully saturated rings. The van der Waals surface area contributed by atoms with Crippen molar-refractivity contribution in [3.05, 3.63) is 72.0 Å². The van der Waals surface area contributed by atoms with E-state index < -0.39 is 69.1 Å². The van der Waals surface area contributed by atoms with E-state index in [4.69, 9.17) is 4.74 Å². The van der Waals surface area contributed by atoms with Crippen molar-refractivity contribution in [2.45, 2.75) is 42.3 Å². The number of nitrogens with one attached hydrogen (secondary N) is 1. The van der Waals surface area contributed by atoms with Crippen molar-refractivity contribution in [2.24, 2.45) is 0 Å². The normalized spacial score (nSPS) is 17.8. The van der Waals surface area contributed by atoms with E-state index in [0.29, 0.717) is 12.1 Å². The van der Waals surface area contributed by atoms with Gasteiger partial charge in [-0.2, -0.15) is 22.0 Å². The molecule has 5 rings (SSSR count). The Bertz CT molecular complexity index is 1630. The van der Waals surface area contributed by atoms with Crippen LogP contribution >= 0.6 is 0 Å². The fourth-order valence-electron chi connectivity index (χ4n) is 4.39. The second-order valence-corrected chi connectivity index (χ2v) is 11.6. The Morgan fingerprint density at radius 3 is 2.48 bits per heavy atom. The highest BCUT2D eigenvalue weighted by Crippen LogP contribution is 2.42. The number of alkyl halides is 6. The second-order valence-electron chi connectivity index (χ2n) is 9.71. The largest absolute Gasteiger partial charge is 0.484 e. The van der Waals surface area contributed by atoms with Gasteiger partial charge in [-0.3, -0.25) is 9.10 Å². The van der Waals surface area contributed by atoms with Gasteiger partial charge in [-0.15, -0.1) is 0 Å². The van der Waals surface area contributed by atoms with Gasteiger partial charge in [0.1, 0.15) is 23.4 Å². The van der Waals surface area contributed by atoms with Crippen molar-refractivity contribution in [1.29, 1.82) is 0 Å². The SMILES string of the molecule is O=C(NC[C@H]1CN(S(=O)(=O)c2cccc(C(F)(F)F)c2)c2cc(-c3cc(F)cc(OC(F)F)c3)ccc2O1)C1(F)CC1. The summed E-state index contributed by atoms with van der Waals surface area (Å²) in [6.45, 7) is -4.06. The van der Waals surface area contributed by atoms with E-state index in [2.05, 4.69) is 10.1 Å². The number of nitrogens with zero attached hydrogens (tertiary/aromatic N) is 1. The fraction of sp³-hybridized carbons (Fsp3) is 0.296. The monoisotopic (exact) mass is 618 g/mol. The summed E-state index contributed by atoms with van der Waals surface area (Å²) in [5.74, 6) is -2.39. The summed E-state index contributed by atoms with van der Waals surface area (Å²) in [7, 11) is -4.71. The number of amides is 1. The number of fused-ring (bicyclic) bond motifs is 1. The summed E-state index contributed by atoms with van der Waals surface area (Å²) in [5.41, 5.74) is -3.21. The lowest BCUT2D eigenvalue weighted by Gasteiger charge is -2.36. The maximum absolute atomic E-state index is 14.2. The van der Waals surface area contributed by atoms with Crippen LogP contribution in [0.25, 0.3) is 11.1 Å². The molecule has 1 N–H and O–H groups in total. The first-order valence-electron chi connectivity index (χ1n) is 12.4. The van der Waals surface area contributed by atoms with Crippen LogP contribution in [0.3, 0.4) is 0 Å². The van der Waals surface area contributed by atoms with Crippen molar-refractivity contribution in [3.8, 4) is 22.6 Å². The number of sulfonamides is 1. The molecule has 1 atom stereocenters. The van der Waals surface area contributed by atoms with Gasteiger partial charge in [0.15, 0.2) is 5.67 Å². The van der Waals surface area contributed by atoms with Crippen LogP contribution in [0.15, 0.2) is 65.6 Å². The van der Waals surface area contributed by atoms with Gasteiger partial charge in [-0.05, 0) is 66.4 Å². The van der Waals surface area contributed by atoms with Crippen molar-refractivity contribution in [3.63, 3.8) is 0 Å². The minimum Gasteiger partial charge on any atom is -0.484 e. The first kappa shape index (κ1) is 29.5. The molecule has 0 spiro atoms. The van der Waals surface area contributed by atoms with E-state index in [0.717, 1.165) is 34.6 Å². The summed E-state index contributed by atoms with van der Waals surface area (Å²) in [4.78, 5) is 11.4. The van der Waals surface area contributed by atoms with Crippen LogP contribution in [0.1, 0.15) is 18.4 Å². The minimum absolute atomic E-state index is 0.0249. The molecule has 0 bridgehead atoms. The molecule has 1 aliphatic carbocycles. The van der Waals surface area contributed by atoms with Gasteiger partial charge in [-0.25, -0.2) is 17.2 Å². The van der Waals surface area contributed by atoms with E-state index in [-0.39, 0.29) is 42.0 Å². The zero-order chi connectivity index (χ0) is 30.4. The maximum atomic E-state index is 14.2. The molecule has 1 saturated carbocycles. The number of carbonyl (C=O) groups excluding carboxylic acids is 1. The van der Waals surface area contributed by atoms with E-state index >= 15 is 0 Å². The maximum Gasteiger partial charge on any atom is 0.416 e. The molecule has 224 valence electrons. The average Bonchev–Trinajstić information content (AvgIpc) is 3.68. The minimum atomic E-state index is -4.84. The standard InChI is InChI=1S/C27H21F7N2O5S/c28-18-8-16(9-19(12-18)41-25(29)30)15-4-5-23-22(10-15)36(14-20(40-23)13-35-24(37)26(31)6-7-26)42(38,39)21-3-1-2-17(11-21)27(32,33)34/h1-5,8-12,20,25H,6-7,13-14H2,(H,35,37)/t20-/m0/s1. The molecule has 3 aromatic carbocycles. The van der Waals surface area contributed by atoms with Gasteiger partial charge in [0, 0.05) is 6.07 Å². The highest BCUT2D eigenvalue weighted by molar-refractivity contribution is 7.92. The van der Waals surface area contributed by atoms with E-state index in [9.17, 15) is 43.9 Å². The van der Waals surface area contributed by atoms with Crippen molar-refractivity contribution < 1.29 is 53.4 Å². The van der Waals surface area contributed by atoms with E-state index in [1.54, 1.807) is 0 Å². The number of ether oxygens (including phenoxy) is 2. The smallest absolute Gasteiger partial charge is 0.416 e. The Kier molecular flexibility index (Phi) is 7.49. The third-order valence-corrected chi connectivity index (χ3v) is 8.43. The van der Waals surface area contributed by atoms with Crippen LogP contribution in [0, 0.1) is 5.82 Å². The predicted molar refractivity (Wildman–Crippen MR) is 135 cm³/mol. The Morgan fingerprint density at radius 1 is 1.07 bits per heavy atom. The molecule has 1 aliphatic heterocycles. The van der Waals surface area contributed by atoms with E-state index in [1.807, 2.05) is 0 Å². The molecular weight excluding hydrogens is 597 g/mol. The zero-order valence-electron chi connectivity index (χ0n) is 21.3. The van der Waals surface area contributed by atoms with Crippen molar-refractivity contribution >= 4 is 21.6 Å². The number of benzene rings is 3. The number of hydrogen-bond donors (Lipinski definition) is 1. The van der Waals surface area contributed by atoms with Crippen LogP contribution in [0.5, 0.6) is 11.5 Å². The molecule has 7 nitrogen and oxygen atoms in total. The van der Waals surface area contributed by atoms with Crippen LogP contribution in [-0.2, 0) is 21.0 Å². The quantitative estimate of drug-likeness (QED) is 0.328. The van der Waals surface area contributed by atoms with Gasteiger partial charge in [0.2, 0.25) is 0 Å². The topological polar surface area (TPSA) is 84.9 Å². The number of anilines is 1. The fourth-order valence-corrected chi connectivity index (χ4v) is 5.93. The third-order valence-electron chi connectivity index (χ3n) is 6.66. The molecular formula is C27H21F7N2O5S. The van der Waals surface area contributed by atoms with Crippen molar-refractivity contribution in [1.82, 2.24) is 5.32 Å². The average molecular weight is 619 g/mol. The number of halogens is 7. The van der Waals surface area contributed by atoms with E-state index in [1.165, 1.54) is 18.2 Å². The molecule has 1 amide bonds. The summed E-state index contributed by atoms with van der Waals surface area (Å²) < 4.78 is 132. The highest BCUT2D eigenvalue weighted by atomic mass is 32.2. The van der Waals surface area contributed by atoms with Crippen molar-refractivity contribution in [2.75, 3.05) is 17.4 Å². The summed E-state index contributed by atoms with van der Waals surface area (Å²) in [5, 5.41) is 2.37. The summed E-state index contributed by atoms with van der Waals surface area (Å²) >= 11 is 0. The van der Waals surface area contributed by atoms with Gasteiger partial charge in [0.05, 0.1) is 29.2 Å². The lowest BCUT2D eigenvalue weighted by Crippen LogP contribution is -2.49. The molecule has 0 radical (unpaired) electrons. The van der Waals surface area contributed by atoms with Crippen LogP contribution in [0.2, 0.25) is 0 Å². The molecule has 0 unspecified atom stereocenters. The lowest BCUT2D eigenvalue weighted by molar-refractivity contribution is -0.137. The predicted octanol–water partition coefficient (Wildman–Crippen LogP) is 5.69. The molecule has 0 aromatic heterocycles. The highest BCUT2D eigenvalue weighted by Gasteiger charge is 2.51. The zero-order valence-corrected chi connectivity index (χ0v) is 22.1. The number of carbonyl (C=O) groups is 1. The van der Waals surface area contributed by atoms with Crippen LogP contribution < -0.4 is 19.1 Å². The molecule has 2 aliphatic rings.